The van der Waals surface area contributed by atoms with Crippen LogP contribution < -0.4 is 5.32 Å². The first-order valence-electron chi connectivity index (χ1n) is 7.72. The first kappa shape index (κ1) is 18.0. The Bertz CT molecular complexity index is 856. The van der Waals surface area contributed by atoms with E-state index in [0.29, 0.717) is 16.6 Å². The zero-order chi connectivity index (χ0) is 18.0. The molecule has 0 saturated heterocycles. The lowest BCUT2D eigenvalue weighted by Gasteiger charge is -2.04. The lowest BCUT2D eigenvalue weighted by molar-refractivity contribution is 0.0950. The van der Waals surface area contributed by atoms with E-state index in [1.165, 1.54) is 18.2 Å². The van der Waals surface area contributed by atoms with E-state index in [9.17, 15) is 9.59 Å². The van der Waals surface area contributed by atoms with Crippen molar-refractivity contribution < 1.29 is 9.59 Å². The number of ketones is 1. The molecule has 3 nitrogen and oxygen atoms in total. The van der Waals surface area contributed by atoms with E-state index < -0.39 is 0 Å². The molecule has 3 rings (SSSR count). The fraction of sp³-hybridized carbons (Fsp3) is 0.158. The van der Waals surface area contributed by atoms with Crippen molar-refractivity contribution in [3.63, 3.8) is 0 Å². The van der Waals surface area contributed by atoms with E-state index in [2.05, 4.69) is 5.32 Å². The fourth-order valence-electron chi connectivity index (χ4n) is 2.22. The maximum absolute atomic E-state index is 12.3. The molecule has 25 heavy (non-hydrogen) atoms. The zero-order valence-electron chi connectivity index (χ0n) is 13.1. The third-order valence-electron chi connectivity index (χ3n) is 3.81. The molecule has 0 spiro atoms. The Hall–Kier alpha value is -1.81. The van der Waals surface area contributed by atoms with Crippen molar-refractivity contribution in [2.45, 2.75) is 18.9 Å². The Morgan fingerprint density at radius 1 is 0.960 bits per heavy atom. The molecule has 0 bridgehead atoms. The van der Waals surface area contributed by atoms with Crippen LogP contribution in [0.2, 0.25) is 15.1 Å². The van der Waals surface area contributed by atoms with Crippen LogP contribution in [0.3, 0.4) is 0 Å². The van der Waals surface area contributed by atoms with Crippen molar-refractivity contribution >= 4 is 52.6 Å². The summed E-state index contributed by atoms with van der Waals surface area (Å²) in [7, 11) is 0. The first-order chi connectivity index (χ1) is 12.0. The number of hydrogen-bond donors (Lipinski definition) is 1. The standard InChI is InChI=1S/C19H14Cl3NO2/c20-15-9-8-14(17(21)18(15)22)16(24)10-3-11-1-4-12(5-2-11)19(25)23-13-6-7-13/h1-5,8-10,13H,6-7H2,(H,23,25)/b10-3+. The van der Waals surface area contributed by atoms with Crippen LogP contribution in [0.25, 0.3) is 6.08 Å². The van der Waals surface area contributed by atoms with Gasteiger partial charge in [0.1, 0.15) is 0 Å². The Kier molecular flexibility index (Phi) is 5.48. The fourth-order valence-corrected chi connectivity index (χ4v) is 2.85. The minimum atomic E-state index is -0.279. The number of carbonyl (C=O) groups excluding carboxylic acids is 2. The van der Waals surface area contributed by atoms with Crippen molar-refractivity contribution in [3.8, 4) is 0 Å². The number of benzene rings is 2. The van der Waals surface area contributed by atoms with Gasteiger partial charge in [0, 0.05) is 17.2 Å². The van der Waals surface area contributed by atoms with Crippen LogP contribution >= 0.6 is 34.8 Å². The predicted molar refractivity (Wildman–Crippen MR) is 102 cm³/mol. The summed E-state index contributed by atoms with van der Waals surface area (Å²) in [6.07, 6.45) is 5.16. The van der Waals surface area contributed by atoms with Crippen LogP contribution in [-0.2, 0) is 0 Å². The third-order valence-corrected chi connectivity index (χ3v) is 5.11. The van der Waals surface area contributed by atoms with Gasteiger partial charge in [-0.05, 0) is 48.7 Å². The van der Waals surface area contributed by atoms with E-state index in [4.69, 9.17) is 34.8 Å². The van der Waals surface area contributed by atoms with E-state index in [0.717, 1.165) is 18.4 Å². The number of allylic oxidation sites excluding steroid dienone is 1. The van der Waals surface area contributed by atoms with Crippen molar-refractivity contribution in [1.29, 1.82) is 0 Å². The van der Waals surface area contributed by atoms with Crippen molar-refractivity contribution in [3.05, 3.63) is 74.2 Å². The molecule has 1 N–H and O–H groups in total. The molecule has 2 aromatic rings. The summed E-state index contributed by atoms with van der Waals surface area (Å²) < 4.78 is 0. The van der Waals surface area contributed by atoms with Gasteiger partial charge in [0.25, 0.3) is 5.91 Å². The molecule has 0 radical (unpaired) electrons. The summed E-state index contributed by atoms with van der Waals surface area (Å²) in [4.78, 5) is 24.2. The van der Waals surface area contributed by atoms with Gasteiger partial charge >= 0.3 is 0 Å². The monoisotopic (exact) mass is 393 g/mol. The number of nitrogens with one attached hydrogen (secondary N) is 1. The van der Waals surface area contributed by atoms with Gasteiger partial charge in [-0.2, -0.15) is 0 Å². The van der Waals surface area contributed by atoms with Crippen LogP contribution in [0.1, 0.15) is 39.1 Å². The Morgan fingerprint density at radius 3 is 2.28 bits per heavy atom. The van der Waals surface area contributed by atoms with Gasteiger partial charge in [0.2, 0.25) is 0 Å². The highest BCUT2D eigenvalue weighted by Gasteiger charge is 2.23. The molecule has 0 atom stereocenters. The normalized spacial score (nSPS) is 13.9. The topological polar surface area (TPSA) is 46.2 Å². The van der Waals surface area contributed by atoms with Crippen LogP contribution in [-0.4, -0.2) is 17.7 Å². The van der Waals surface area contributed by atoms with E-state index in [-0.39, 0.29) is 27.3 Å². The molecular weight excluding hydrogens is 381 g/mol. The average Bonchev–Trinajstić information content (AvgIpc) is 3.42. The molecule has 6 heteroatoms. The first-order valence-corrected chi connectivity index (χ1v) is 8.86. The van der Waals surface area contributed by atoms with Gasteiger partial charge in [-0.1, -0.05) is 53.0 Å². The average molecular weight is 395 g/mol. The molecule has 128 valence electrons. The second kappa shape index (κ2) is 7.61. The number of amides is 1. The molecule has 1 saturated carbocycles. The summed E-state index contributed by atoms with van der Waals surface area (Å²) in [5, 5.41) is 3.52. The molecule has 1 fully saturated rings. The Labute approximate surface area is 160 Å². The van der Waals surface area contributed by atoms with Crippen molar-refractivity contribution in [2.24, 2.45) is 0 Å². The highest BCUT2D eigenvalue weighted by molar-refractivity contribution is 6.49. The van der Waals surface area contributed by atoms with Gasteiger partial charge in [-0.3, -0.25) is 9.59 Å². The molecule has 0 aliphatic heterocycles. The molecule has 0 unspecified atom stereocenters. The van der Waals surface area contributed by atoms with Gasteiger partial charge in [0.05, 0.1) is 15.1 Å². The maximum atomic E-state index is 12.3. The van der Waals surface area contributed by atoms with Gasteiger partial charge in [-0.15, -0.1) is 0 Å². The minimum Gasteiger partial charge on any atom is -0.349 e. The molecule has 0 aromatic heterocycles. The summed E-state index contributed by atoms with van der Waals surface area (Å²) in [6.45, 7) is 0. The summed E-state index contributed by atoms with van der Waals surface area (Å²) in [5.41, 5.74) is 1.68. The number of carbonyl (C=O) groups is 2. The smallest absolute Gasteiger partial charge is 0.251 e. The Morgan fingerprint density at radius 2 is 1.64 bits per heavy atom. The largest absolute Gasteiger partial charge is 0.349 e. The lowest BCUT2D eigenvalue weighted by atomic mass is 10.1. The van der Waals surface area contributed by atoms with Crippen LogP contribution in [0.4, 0.5) is 0 Å². The molecule has 0 heterocycles. The lowest BCUT2D eigenvalue weighted by Crippen LogP contribution is -2.25. The number of rotatable bonds is 5. The van der Waals surface area contributed by atoms with Gasteiger partial charge in [0.15, 0.2) is 5.78 Å². The summed E-state index contributed by atoms with van der Waals surface area (Å²) in [5.74, 6) is -0.351. The van der Waals surface area contributed by atoms with Crippen LogP contribution in [0.15, 0.2) is 42.5 Å². The summed E-state index contributed by atoms with van der Waals surface area (Å²) >= 11 is 17.9. The maximum Gasteiger partial charge on any atom is 0.251 e. The zero-order valence-corrected chi connectivity index (χ0v) is 15.3. The van der Waals surface area contributed by atoms with Gasteiger partial charge in [-0.25, -0.2) is 0 Å². The third kappa shape index (κ3) is 4.43. The molecule has 1 aliphatic rings. The number of hydrogen-bond acceptors (Lipinski definition) is 2. The highest BCUT2D eigenvalue weighted by Crippen LogP contribution is 2.33. The van der Waals surface area contributed by atoms with E-state index in [1.807, 2.05) is 0 Å². The Balaban J connectivity index is 1.70. The number of halogens is 3. The minimum absolute atomic E-state index is 0.0725. The quantitative estimate of drug-likeness (QED) is 0.417. The molecule has 2 aromatic carbocycles. The molecule has 1 aliphatic carbocycles. The van der Waals surface area contributed by atoms with Gasteiger partial charge < -0.3 is 5.32 Å². The van der Waals surface area contributed by atoms with Crippen LogP contribution in [0.5, 0.6) is 0 Å². The van der Waals surface area contributed by atoms with Crippen molar-refractivity contribution in [2.75, 3.05) is 0 Å². The molecular formula is C19H14Cl3NO2. The summed E-state index contributed by atoms with van der Waals surface area (Å²) in [6, 6.07) is 10.4. The predicted octanol–water partition coefficient (Wildman–Crippen LogP) is 5.44. The van der Waals surface area contributed by atoms with Crippen molar-refractivity contribution in [1.82, 2.24) is 5.32 Å². The SMILES string of the molecule is O=C(NC1CC1)c1ccc(/C=C/C(=O)c2ccc(Cl)c(Cl)c2Cl)cc1. The molecule has 1 amide bonds. The van der Waals surface area contributed by atoms with E-state index in [1.54, 1.807) is 30.3 Å². The van der Waals surface area contributed by atoms with E-state index >= 15 is 0 Å². The second-order valence-electron chi connectivity index (χ2n) is 5.79. The highest BCUT2D eigenvalue weighted by atomic mass is 35.5. The second-order valence-corrected chi connectivity index (χ2v) is 6.95. The van der Waals surface area contributed by atoms with Crippen LogP contribution in [0, 0.1) is 0 Å².